The predicted molar refractivity (Wildman–Crippen MR) is 137 cm³/mol. The zero-order chi connectivity index (χ0) is 23.1. The molecule has 2 aliphatic heterocycles. The van der Waals surface area contributed by atoms with Crippen LogP contribution in [0.1, 0.15) is 22.8 Å². The summed E-state index contributed by atoms with van der Waals surface area (Å²) in [5.74, 6) is 1.42. The number of benzene rings is 1. The molecule has 0 fully saturated rings. The number of nitrogens with one attached hydrogen (secondary N) is 2. The zero-order valence-electron chi connectivity index (χ0n) is 18.8. The number of nitrogens with zero attached hydrogens (tertiary/aromatic N) is 2. The Bertz CT molecular complexity index is 1530. The van der Waals surface area contributed by atoms with Crippen molar-refractivity contribution >= 4 is 46.4 Å². The van der Waals surface area contributed by atoms with Gasteiger partial charge in [-0.3, -0.25) is 0 Å². The van der Waals surface area contributed by atoms with Gasteiger partial charge in [0.1, 0.15) is 11.5 Å². The van der Waals surface area contributed by atoms with E-state index in [9.17, 15) is 0 Å². The van der Waals surface area contributed by atoms with Gasteiger partial charge < -0.3 is 19.4 Å². The van der Waals surface area contributed by atoms with E-state index in [-0.39, 0.29) is 0 Å². The average Bonchev–Trinajstić information content (AvgIpc) is 3.65. The molecular formula is C28H22N4O2. The van der Waals surface area contributed by atoms with E-state index in [0.29, 0.717) is 11.5 Å². The minimum atomic E-state index is 0.708. The maximum atomic E-state index is 5.53. The SMILES string of the molecule is COc1cc(OC)cc(-c2c3nc(cc4ccc(cc5ccc(cc6nc2C=C6)[nH]5)[nH]4)C=C3)c1. The summed E-state index contributed by atoms with van der Waals surface area (Å²) in [6, 6.07) is 20.2. The predicted octanol–water partition coefficient (Wildman–Crippen LogP) is 6.34. The minimum Gasteiger partial charge on any atom is -0.497 e. The summed E-state index contributed by atoms with van der Waals surface area (Å²) < 4.78 is 11.1. The third kappa shape index (κ3) is 3.75. The molecule has 6 rings (SSSR count). The smallest absolute Gasteiger partial charge is 0.123 e. The highest BCUT2D eigenvalue weighted by atomic mass is 16.5. The molecule has 2 aliphatic rings. The third-order valence-electron chi connectivity index (χ3n) is 5.86. The molecule has 0 radical (unpaired) electrons. The number of fused-ring (bicyclic) bond motifs is 8. The van der Waals surface area contributed by atoms with E-state index < -0.39 is 0 Å². The molecule has 0 unspecified atom stereocenters. The molecule has 0 spiro atoms. The Morgan fingerprint density at radius 2 is 1.03 bits per heavy atom. The third-order valence-corrected chi connectivity index (χ3v) is 5.86. The molecule has 5 heterocycles. The number of rotatable bonds is 3. The van der Waals surface area contributed by atoms with Gasteiger partial charge in [-0.05, 0) is 84.5 Å². The number of hydrogen-bond acceptors (Lipinski definition) is 4. The number of aromatic nitrogens is 4. The van der Waals surface area contributed by atoms with Crippen LogP contribution >= 0.6 is 0 Å². The van der Waals surface area contributed by atoms with Crippen molar-refractivity contribution in [2.75, 3.05) is 14.2 Å². The van der Waals surface area contributed by atoms with Crippen molar-refractivity contribution in [1.82, 2.24) is 19.9 Å². The molecule has 0 saturated carbocycles. The van der Waals surface area contributed by atoms with Crippen LogP contribution in [0.25, 0.3) is 57.5 Å². The van der Waals surface area contributed by atoms with Gasteiger partial charge >= 0.3 is 0 Å². The molecule has 2 N–H and O–H groups in total. The van der Waals surface area contributed by atoms with E-state index in [1.807, 2.05) is 54.6 Å². The van der Waals surface area contributed by atoms with E-state index in [2.05, 4.69) is 40.3 Å². The second-order valence-electron chi connectivity index (χ2n) is 8.16. The molecule has 0 amide bonds. The Hall–Kier alpha value is -4.58. The van der Waals surface area contributed by atoms with Crippen LogP contribution in [0.3, 0.4) is 0 Å². The van der Waals surface area contributed by atoms with Gasteiger partial charge in [-0.1, -0.05) is 0 Å². The maximum Gasteiger partial charge on any atom is 0.123 e. The lowest BCUT2D eigenvalue weighted by Crippen LogP contribution is -1.92. The van der Waals surface area contributed by atoms with Crippen molar-refractivity contribution in [3.05, 3.63) is 83.4 Å². The number of H-pyrrole nitrogens is 2. The average molecular weight is 447 g/mol. The van der Waals surface area contributed by atoms with Crippen LogP contribution in [-0.2, 0) is 0 Å². The van der Waals surface area contributed by atoms with E-state index in [4.69, 9.17) is 19.4 Å². The fourth-order valence-corrected chi connectivity index (χ4v) is 4.26. The Kier molecular flexibility index (Phi) is 4.77. The quantitative estimate of drug-likeness (QED) is 0.333. The number of aromatic amines is 2. The highest BCUT2D eigenvalue weighted by Crippen LogP contribution is 2.35. The molecule has 4 aromatic rings. The van der Waals surface area contributed by atoms with Crippen LogP contribution < -0.4 is 9.47 Å². The maximum absolute atomic E-state index is 5.53. The van der Waals surface area contributed by atoms with Gasteiger partial charge in [-0.2, -0.15) is 0 Å². The summed E-state index contributed by atoms with van der Waals surface area (Å²) in [5, 5.41) is 0. The van der Waals surface area contributed by atoms with Crippen LogP contribution in [0, 0.1) is 0 Å². The summed E-state index contributed by atoms with van der Waals surface area (Å²) in [5.41, 5.74) is 9.23. The number of methoxy groups -OCH3 is 2. The van der Waals surface area contributed by atoms with Crippen LogP contribution in [0.2, 0.25) is 0 Å². The van der Waals surface area contributed by atoms with Crippen molar-refractivity contribution in [1.29, 1.82) is 0 Å². The minimum absolute atomic E-state index is 0.708. The normalized spacial score (nSPS) is 12.2. The Morgan fingerprint density at radius 1 is 0.559 bits per heavy atom. The first kappa shape index (κ1) is 20.1. The van der Waals surface area contributed by atoms with Gasteiger partial charge in [-0.15, -0.1) is 0 Å². The molecule has 6 heteroatoms. The molecule has 6 nitrogen and oxygen atoms in total. The molecule has 3 aromatic heterocycles. The lowest BCUT2D eigenvalue weighted by molar-refractivity contribution is 0.394. The fourth-order valence-electron chi connectivity index (χ4n) is 4.26. The van der Waals surface area contributed by atoms with E-state index in [0.717, 1.165) is 56.0 Å². The molecule has 166 valence electrons. The van der Waals surface area contributed by atoms with Gasteiger partial charge in [-0.25, -0.2) is 9.97 Å². The summed E-state index contributed by atoms with van der Waals surface area (Å²) >= 11 is 0. The number of ether oxygens (including phenoxy) is 2. The first-order valence-electron chi connectivity index (χ1n) is 11.0. The molecule has 34 heavy (non-hydrogen) atoms. The number of hydrogen-bond donors (Lipinski definition) is 2. The lowest BCUT2D eigenvalue weighted by atomic mass is 10.0. The van der Waals surface area contributed by atoms with Gasteiger partial charge in [0.25, 0.3) is 0 Å². The Labute approximate surface area is 196 Å². The largest absolute Gasteiger partial charge is 0.497 e. The molecule has 0 saturated heterocycles. The summed E-state index contributed by atoms with van der Waals surface area (Å²) in [6.07, 6.45) is 8.08. The molecular weight excluding hydrogens is 424 g/mol. The van der Waals surface area contributed by atoms with Crippen molar-refractivity contribution < 1.29 is 9.47 Å². The van der Waals surface area contributed by atoms with Crippen LogP contribution in [0.15, 0.2) is 60.7 Å². The summed E-state index contributed by atoms with van der Waals surface area (Å²) in [4.78, 5) is 16.7. The standard InChI is InChI=1S/C28H22N4O2/c1-33-24-11-17(12-25(16-24)34-2)28-26-9-7-22(31-26)14-20-5-3-18(29-20)13-19-4-6-21(30-19)15-23-8-10-27(28)32-23/h3-16,29-30H,1-2H3. The first-order valence-corrected chi connectivity index (χ1v) is 11.0. The van der Waals surface area contributed by atoms with Crippen LogP contribution in [0.5, 0.6) is 11.5 Å². The van der Waals surface area contributed by atoms with Gasteiger partial charge in [0.15, 0.2) is 0 Å². The second-order valence-corrected chi connectivity index (χ2v) is 8.16. The van der Waals surface area contributed by atoms with Crippen molar-refractivity contribution in [2.45, 2.75) is 0 Å². The van der Waals surface area contributed by atoms with Crippen molar-refractivity contribution in [2.24, 2.45) is 0 Å². The van der Waals surface area contributed by atoms with Gasteiger partial charge in [0.05, 0.1) is 37.0 Å². The first-order chi connectivity index (χ1) is 16.7. The highest BCUT2D eigenvalue weighted by molar-refractivity contribution is 5.89. The van der Waals surface area contributed by atoms with Gasteiger partial charge in [0.2, 0.25) is 0 Å². The van der Waals surface area contributed by atoms with Crippen LogP contribution in [0.4, 0.5) is 0 Å². The van der Waals surface area contributed by atoms with Gasteiger partial charge in [0, 0.05) is 33.7 Å². The molecule has 0 atom stereocenters. The molecule has 8 bridgehead atoms. The molecule has 0 aliphatic carbocycles. The van der Waals surface area contributed by atoms with E-state index >= 15 is 0 Å². The Morgan fingerprint density at radius 3 is 1.50 bits per heavy atom. The van der Waals surface area contributed by atoms with Crippen molar-refractivity contribution in [3.63, 3.8) is 0 Å². The lowest BCUT2D eigenvalue weighted by Gasteiger charge is -2.10. The highest BCUT2D eigenvalue weighted by Gasteiger charge is 2.16. The Balaban J connectivity index is 1.70. The van der Waals surface area contributed by atoms with Crippen LogP contribution in [-0.4, -0.2) is 34.2 Å². The summed E-state index contributed by atoms with van der Waals surface area (Å²) in [7, 11) is 3.30. The molecule has 1 aromatic carbocycles. The van der Waals surface area contributed by atoms with Crippen molar-refractivity contribution in [3.8, 4) is 22.6 Å². The topological polar surface area (TPSA) is 75.8 Å². The summed E-state index contributed by atoms with van der Waals surface area (Å²) in [6.45, 7) is 0. The van der Waals surface area contributed by atoms with E-state index in [1.165, 1.54) is 0 Å². The monoisotopic (exact) mass is 446 g/mol. The zero-order valence-corrected chi connectivity index (χ0v) is 18.8. The van der Waals surface area contributed by atoms with E-state index in [1.54, 1.807) is 14.2 Å². The second kappa shape index (κ2) is 8.08. The fraction of sp³-hybridized carbons (Fsp3) is 0.0714.